The lowest BCUT2D eigenvalue weighted by Crippen LogP contribution is -2.46. The Morgan fingerprint density at radius 2 is 1.83 bits per heavy atom. The van der Waals surface area contributed by atoms with E-state index in [2.05, 4.69) is 15.6 Å². The van der Waals surface area contributed by atoms with Crippen molar-refractivity contribution in [1.82, 2.24) is 10.3 Å². The van der Waals surface area contributed by atoms with Gasteiger partial charge in [-0.25, -0.2) is 0 Å². The fourth-order valence-electron chi connectivity index (χ4n) is 2.63. The van der Waals surface area contributed by atoms with Gasteiger partial charge in [-0.05, 0) is 55.0 Å². The van der Waals surface area contributed by atoms with E-state index in [1.165, 1.54) is 7.11 Å². The summed E-state index contributed by atoms with van der Waals surface area (Å²) in [6, 6.07) is 17.0. The quantitative estimate of drug-likeness (QED) is 0.453. The normalized spacial score (nSPS) is 11.4. The molecule has 0 aliphatic carbocycles. The highest BCUT2D eigenvalue weighted by molar-refractivity contribution is 6.30. The molecule has 3 aromatic rings. The minimum atomic E-state index is -1.01. The number of anilines is 1. The number of aromatic nitrogens is 1. The summed E-state index contributed by atoms with van der Waals surface area (Å²) in [7, 11) is 1.53. The number of hydrogen-bond acceptors (Lipinski definition) is 5. The van der Waals surface area contributed by atoms with E-state index in [1.54, 1.807) is 66.9 Å². The van der Waals surface area contributed by atoms with E-state index < -0.39 is 12.1 Å². The number of ether oxygens (including phenoxy) is 1. The number of benzene rings is 2. The summed E-state index contributed by atoms with van der Waals surface area (Å²) in [5, 5.41) is 6.33. The lowest BCUT2D eigenvalue weighted by molar-refractivity contribution is 0.0866. The molecule has 7 heteroatoms. The molecule has 1 aromatic heterocycles. The van der Waals surface area contributed by atoms with Crippen molar-refractivity contribution in [3.63, 3.8) is 0 Å². The van der Waals surface area contributed by atoms with Gasteiger partial charge in [-0.15, -0.1) is 0 Å². The predicted octanol–water partition coefficient (Wildman–Crippen LogP) is 4.10. The van der Waals surface area contributed by atoms with E-state index in [0.717, 1.165) is 5.56 Å². The van der Waals surface area contributed by atoms with Crippen molar-refractivity contribution in [2.45, 2.75) is 13.1 Å². The Hall–Kier alpha value is -3.38. The third-order valence-electron chi connectivity index (χ3n) is 4.19. The Balaban J connectivity index is 1.87. The van der Waals surface area contributed by atoms with Crippen LogP contribution < -0.4 is 15.4 Å². The molecule has 0 fully saturated rings. The Morgan fingerprint density at radius 1 is 1.07 bits per heavy atom. The van der Waals surface area contributed by atoms with Gasteiger partial charge in [0.05, 0.1) is 7.11 Å². The number of methoxy groups -OCH3 is 1. The summed E-state index contributed by atoms with van der Waals surface area (Å²) in [5.74, 6) is -0.236. The van der Waals surface area contributed by atoms with Crippen LogP contribution in [0.25, 0.3) is 0 Å². The van der Waals surface area contributed by atoms with Gasteiger partial charge in [-0.2, -0.15) is 0 Å². The van der Waals surface area contributed by atoms with Crippen LogP contribution in [0.15, 0.2) is 66.9 Å². The minimum absolute atomic E-state index is 0.219. The molecule has 1 amide bonds. The third kappa shape index (κ3) is 5.33. The molecule has 1 heterocycles. The summed E-state index contributed by atoms with van der Waals surface area (Å²) >= 11 is 5.93. The highest BCUT2D eigenvalue weighted by atomic mass is 35.5. The van der Waals surface area contributed by atoms with Gasteiger partial charge in [0.25, 0.3) is 5.91 Å². The summed E-state index contributed by atoms with van der Waals surface area (Å²) in [6.07, 6.45) is 0.583. The second-order valence-corrected chi connectivity index (χ2v) is 6.81. The molecule has 0 spiro atoms. The number of amides is 1. The van der Waals surface area contributed by atoms with Crippen molar-refractivity contribution in [3.8, 4) is 5.75 Å². The SMILES string of the molecule is COc1cccc(C(=O)C(NC(=O)c2ccc(C)cn2)Nc2ccc(Cl)cc2)c1. The van der Waals surface area contributed by atoms with E-state index in [0.29, 0.717) is 22.0 Å². The molecule has 6 nitrogen and oxygen atoms in total. The van der Waals surface area contributed by atoms with E-state index in [9.17, 15) is 9.59 Å². The maximum atomic E-state index is 13.1. The maximum absolute atomic E-state index is 13.1. The molecule has 1 atom stereocenters. The first kappa shape index (κ1) is 20.4. The van der Waals surface area contributed by atoms with Crippen molar-refractivity contribution in [3.05, 3.63) is 88.7 Å². The zero-order valence-corrected chi connectivity index (χ0v) is 16.7. The number of Topliss-reactive ketones (excluding diaryl/α,β-unsaturated/α-hetero) is 1. The van der Waals surface area contributed by atoms with Crippen LogP contribution in [0.4, 0.5) is 5.69 Å². The van der Waals surface area contributed by atoms with Crippen molar-refractivity contribution >= 4 is 29.0 Å². The van der Waals surface area contributed by atoms with E-state index >= 15 is 0 Å². The smallest absolute Gasteiger partial charge is 0.271 e. The minimum Gasteiger partial charge on any atom is -0.497 e. The number of nitrogens with zero attached hydrogens (tertiary/aromatic N) is 1. The van der Waals surface area contributed by atoms with E-state index in [-0.39, 0.29) is 11.5 Å². The number of pyridine rings is 1. The Labute approximate surface area is 173 Å². The zero-order valence-electron chi connectivity index (χ0n) is 16.0. The number of ketones is 1. The van der Waals surface area contributed by atoms with Gasteiger partial charge in [-0.1, -0.05) is 29.8 Å². The Kier molecular flexibility index (Phi) is 6.46. The molecule has 0 saturated carbocycles. The van der Waals surface area contributed by atoms with Gasteiger partial charge < -0.3 is 15.4 Å². The molecular formula is C22H20ClN3O3. The largest absolute Gasteiger partial charge is 0.497 e. The molecule has 3 rings (SSSR count). The molecule has 0 aliphatic heterocycles. The van der Waals surface area contributed by atoms with E-state index in [4.69, 9.17) is 16.3 Å². The Morgan fingerprint density at radius 3 is 2.48 bits per heavy atom. The highest BCUT2D eigenvalue weighted by Gasteiger charge is 2.23. The summed E-state index contributed by atoms with van der Waals surface area (Å²) in [6.45, 7) is 1.88. The average molecular weight is 410 g/mol. The molecule has 148 valence electrons. The first-order valence-corrected chi connectivity index (χ1v) is 9.28. The summed E-state index contributed by atoms with van der Waals surface area (Å²) < 4.78 is 5.19. The summed E-state index contributed by atoms with van der Waals surface area (Å²) in [4.78, 5) is 29.9. The Bertz CT molecular complexity index is 1000. The maximum Gasteiger partial charge on any atom is 0.271 e. The van der Waals surface area contributed by atoms with Crippen LogP contribution in [-0.2, 0) is 0 Å². The molecule has 29 heavy (non-hydrogen) atoms. The molecule has 0 aliphatic rings. The second kappa shape index (κ2) is 9.21. The van der Waals surface area contributed by atoms with Crippen molar-refractivity contribution in [2.75, 3.05) is 12.4 Å². The third-order valence-corrected chi connectivity index (χ3v) is 4.44. The van der Waals surface area contributed by atoms with Crippen LogP contribution in [0, 0.1) is 6.92 Å². The standard InChI is InChI=1S/C22H20ClN3O3/c1-14-6-11-19(24-13-14)22(28)26-21(25-17-9-7-16(23)8-10-17)20(27)15-4-3-5-18(12-15)29-2/h3-13,21,25H,1-2H3,(H,26,28). The van der Waals surface area contributed by atoms with Crippen molar-refractivity contribution < 1.29 is 14.3 Å². The van der Waals surface area contributed by atoms with Gasteiger partial charge in [-0.3, -0.25) is 14.6 Å². The van der Waals surface area contributed by atoms with Crippen LogP contribution in [-0.4, -0.2) is 29.9 Å². The lowest BCUT2D eigenvalue weighted by atomic mass is 10.1. The highest BCUT2D eigenvalue weighted by Crippen LogP contribution is 2.18. The van der Waals surface area contributed by atoms with Gasteiger partial charge in [0.2, 0.25) is 5.78 Å². The predicted molar refractivity (Wildman–Crippen MR) is 113 cm³/mol. The monoisotopic (exact) mass is 409 g/mol. The molecule has 2 N–H and O–H groups in total. The number of rotatable bonds is 7. The van der Waals surface area contributed by atoms with Crippen molar-refractivity contribution in [2.24, 2.45) is 0 Å². The van der Waals surface area contributed by atoms with Gasteiger partial charge in [0.1, 0.15) is 11.4 Å². The number of aryl methyl sites for hydroxylation is 1. The van der Waals surface area contributed by atoms with E-state index in [1.807, 2.05) is 6.92 Å². The number of carbonyl (C=O) groups excluding carboxylic acids is 2. The first-order valence-electron chi connectivity index (χ1n) is 8.90. The van der Waals surface area contributed by atoms with Crippen LogP contribution in [0.2, 0.25) is 5.02 Å². The molecule has 0 saturated heterocycles. The van der Waals surface area contributed by atoms with Gasteiger partial charge in [0.15, 0.2) is 6.17 Å². The molecule has 0 radical (unpaired) electrons. The molecule has 2 aromatic carbocycles. The number of carbonyl (C=O) groups is 2. The average Bonchev–Trinajstić information content (AvgIpc) is 2.74. The van der Waals surface area contributed by atoms with Crippen LogP contribution in [0.1, 0.15) is 26.4 Å². The van der Waals surface area contributed by atoms with Crippen LogP contribution in [0.5, 0.6) is 5.75 Å². The summed E-state index contributed by atoms with van der Waals surface area (Å²) in [5.41, 5.74) is 2.18. The fourth-order valence-corrected chi connectivity index (χ4v) is 2.76. The lowest BCUT2D eigenvalue weighted by Gasteiger charge is -2.20. The molecule has 1 unspecified atom stereocenters. The van der Waals surface area contributed by atoms with Crippen LogP contribution >= 0.6 is 11.6 Å². The zero-order chi connectivity index (χ0) is 20.8. The number of nitrogens with one attached hydrogen (secondary N) is 2. The molecular weight excluding hydrogens is 390 g/mol. The topological polar surface area (TPSA) is 80.3 Å². The molecule has 0 bridgehead atoms. The second-order valence-electron chi connectivity index (χ2n) is 6.37. The number of hydrogen-bond donors (Lipinski definition) is 2. The van der Waals surface area contributed by atoms with Gasteiger partial charge >= 0.3 is 0 Å². The van der Waals surface area contributed by atoms with Gasteiger partial charge in [0, 0.05) is 22.5 Å². The first-order chi connectivity index (χ1) is 14.0. The van der Waals surface area contributed by atoms with Crippen molar-refractivity contribution in [1.29, 1.82) is 0 Å². The fraction of sp³-hybridized carbons (Fsp3) is 0.136. The van der Waals surface area contributed by atoms with Crippen LogP contribution in [0.3, 0.4) is 0 Å². The number of halogens is 1.